The molecule has 0 radical (unpaired) electrons. The molecule has 2 N–H and O–H groups in total. The molecule has 1 aliphatic heterocycles. The zero-order valence-electron chi connectivity index (χ0n) is 10.8. The van der Waals surface area contributed by atoms with E-state index in [4.69, 9.17) is 0 Å². The number of aryl methyl sites for hydroxylation is 1. The highest BCUT2D eigenvalue weighted by molar-refractivity contribution is 5.47. The van der Waals surface area contributed by atoms with Crippen molar-refractivity contribution in [3.8, 4) is 0 Å². The van der Waals surface area contributed by atoms with Crippen LogP contribution in [0.25, 0.3) is 0 Å². The Morgan fingerprint density at radius 3 is 2.84 bits per heavy atom. The molecule has 0 saturated carbocycles. The Morgan fingerprint density at radius 2 is 2.11 bits per heavy atom. The van der Waals surface area contributed by atoms with E-state index in [0.29, 0.717) is 11.9 Å². The molecule has 3 heterocycles. The van der Waals surface area contributed by atoms with Gasteiger partial charge in [0.05, 0.1) is 0 Å². The largest absolute Gasteiger partial charge is 0.316 e. The molecule has 0 amide bonds. The molecule has 2 aromatic rings. The van der Waals surface area contributed by atoms with Crippen molar-refractivity contribution in [3.63, 3.8) is 0 Å². The third kappa shape index (κ3) is 2.85. The second-order valence-corrected chi connectivity index (χ2v) is 4.64. The van der Waals surface area contributed by atoms with Crippen molar-refractivity contribution < 1.29 is 0 Å². The van der Waals surface area contributed by atoms with Crippen LogP contribution in [0.2, 0.25) is 0 Å². The van der Waals surface area contributed by atoms with Crippen LogP contribution in [0.4, 0.5) is 11.8 Å². The molecule has 0 aromatic carbocycles. The monoisotopic (exact) mass is 256 g/mol. The first-order valence-electron chi connectivity index (χ1n) is 6.41. The number of anilines is 2. The van der Waals surface area contributed by atoms with E-state index < -0.39 is 0 Å². The minimum Gasteiger partial charge on any atom is -0.316 e. The number of rotatable bonds is 3. The van der Waals surface area contributed by atoms with Crippen LogP contribution in [0.15, 0.2) is 24.5 Å². The summed E-state index contributed by atoms with van der Waals surface area (Å²) in [5.41, 5.74) is 0.954. The van der Waals surface area contributed by atoms with Crippen molar-refractivity contribution in [2.75, 3.05) is 18.4 Å². The number of aromatic nitrogens is 4. The van der Waals surface area contributed by atoms with Gasteiger partial charge in [0.1, 0.15) is 11.6 Å². The summed E-state index contributed by atoms with van der Waals surface area (Å²) in [6.07, 6.45) is 4.49. The minimum absolute atomic E-state index is 0.400. The van der Waals surface area contributed by atoms with Crippen LogP contribution >= 0.6 is 0 Å². The van der Waals surface area contributed by atoms with Crippen LogP contribution in [-0.2, 0) is 0 Å². The summed E-state index contributed by atoms with van der Waals surface area (Å²) in [5, 5.41) is 6.45. The summed E-state index contributed by atoms with van der Waals surface area (Å²) in [6, 6.07) is 3.69. The summed E-state index contributed by atoms with van der Waals surface area (Å²) in [5.74, 6) is 2.59. The molecule has 19 heavy (non-hydrogen) atoms. The van der Waals surface area contributed by atoms with Gasteiger partial charge in [0.2, 0.25) is 5.95 Å². The predicted molar refractivity (Wildman–Crippen MR) is 72.3 cm³/mol. The molecule has 0 unspecified atom stereocenters. The zero-order valence-corrected chi connectivity index (χ0v) is 10.8. The van der Waals surface area contributed by atoms with Crippen molar-refractivity contribution in [2.45, 2.75) is 19.3 Å². The number of nitrogens with zero attached hydrogens (tertiary/aromatic N) is 4. The van der Waals surface area contributed by atoms with Crippen LogP contribution in [0.1, 0.15) is 23.9 Å². The van der Waals surface area contributed by atoms with Crippen LogP contribution < -0.4 is 10.6 Å². The van der Waals surface area contributed by atoms with Gasteiger partial charge < -0.3 is 10.6 Å². The second-order valence-electron chi connectivity index (χ2n) is 4.64. The normalized spacial score (nSPS) is 18.5. The van der Waals surface area contributed by atoms with E-state index in [2.05, 4.69) is 30.6 Å². The van der Waals surface area contributed by atoms with Crippen LogP contribution in [0.3, 0.4) is 0 Å². The molecule has 0 spiro atoms. The average Bonchev–Trinajstić information content (AvgIpc) is 2.93. The van der Waals surface area contributed by atoms with Gasteiger partial charge in [-0.1, -0.05) is 0 Å². The van der Waals surface area contributed by atoms with Crippen molar-refractivity contribution in [1.29, 1.82) is 0 Å². The predicted octanol–water partition coefficient (Wildman–Crippen LogP) is 1.40. The third-order valence-electron chi connectivity index (χ3n) is 3.10. The maximum absolute atomic E-state index is 4.57. The van der Waals surface area contributed by atoms with Gasteiger partial charge in [-0.25, -0.2) is 19.9 Å². The molecule has 1 atom stereocenters. The number of hydrogen-bond donors (Lipinski definition) is 2. The van der Waals surface area contributed by atoms with E-state index >= 15 is 0 Å². The summed E-state index contributed by atoms with van der Waals surface area (Å²) >= 11 is 0. The lowest BCUT2D eigenvalue weighted by atomic mass is 10.1. The molecular formula is C13H16N6. The molecule has 6 heteroatoms. The minimum atomic E-state index is 0.400. The first kappa shape index (κ1) is 12.0. The van der Waals surface area contributed by atoms with Gasteiger partial charge in [0, 0.05) is 36.6 Å². The van der Waals surface area contributed by atoms with E-state index in [1.807, 2.05) is 13.0 Å². The maximum Gasteiger partial charge on any atom is 0.228 e. The molecular weight excluding hydrogens is 240 g/mol. The van der Waals surface area contributed by atoms with Crippen LogP contribution in [0, 0.1) is 6.92 Å². The quantitative estimate of drug-likeness (QED) is 0.864. The molecule has 6 nitrogen and oxygen atoms in total. The lowest BCUT2D eigenvalue weighted by Gasteiger charge is -2.10. The molecule has 0 bridgehead atoms. The summed E-state index contributed by atoms with van der Waals surface area (Å²) in [6.45, 7) is 3.96. The van der Waals surface area contributed by atoms with Gasteiger partial charge in [-0.2, -0.15) is 0 Å². The van der Waals surface area contributed by atoms with E-state index in [1.54, 1.807) is 18.5 Å². The summed E-state index contributed by atoms with van der Waals surface area (Å²) < 4.78 is 0. The van der Waals surface area contributed by atoms with E-state index in [1.165, 1.54) is 0 Å². The van der Waals surface area contributed by atoms with Crippen molar-refractivity contribution in [2.24, 2.45) is 0 Å². The van der Waals surface area contributed by atoms with E-state index in [0.717, 1.165) is 36.8 Å². The molecule has 0 aliphatic carbocycles. The van der Waals surface area contributed by atoms with Gasteiger partial charge >= 0.3 is 0 Å². The Hall–Kier alpha value is -2.08. The topological polar surface area (TPSA) is 75.6 Å². The molecule has 98 valence electrons. The first-order chi connectivity index (χ1) is 9.31. The molecule has 1 fully saturated rings. The lowest BCUT2D eigenvalue weighted by molar-refractivity contribution is 0.698. The standard InChI is InChI=1S/C13H16N6/c1-9-7-11(19-13-15-4-2-5-16-13)18-12(17-9)10-3-6-14-8-10/h2,4-5,7,10,14H,3,6,8H2,1H3,(H,15,16,17,18,19)/t10-/m1/s1. The van der Waals surface area contributed by atoms with Gasteiger partial charge in [0.25, 0.3) is 0 Å². The van der Waals surface area contributed by atoms with Crippen molar-refractivity contribution in [3.05, 3.63) is 36.0 Å². The summed E-state index contributed by atoms with van der Waals surface area (Å²) in [4.78, 5) is 17.4. The fraction of sp³-hybridized carbons (Fsp3) is 0.385. The van der Waals surface area contributed by atoms with Crippen molar-refractivity contribution in [1.82, 2.24) is 25.3 Å². The highest BCUT2D eigenvalue weighted by atomic mass is 15.1. The molecule has 3 rings (SSSR count). The Bertz CT molecular complexity index is 550. The SMILES string of the molecule is Cc1cc(Nc2ncccn2)nc([C@@H]2CCNC2)n1. The van der Waals surface area contributed by atoms with Crippen LogP contribution in [-0.4, -0.2) is 33.0 Å². The smallest absolute Gasteiger partial charge is 0.228 e. The van der Waals surface area contributed by atoms with Crippen LogP contribution in [0.5, 0.6) is 0 Å². The van der Waals surface area contributed by atoms with Gasteiger partial charge in [-0.3, -0.25) is 0 Å². The maximum atomic E-state index is 4.57. The average molecular weight is 256 g/mol. The lowest BCUT2D eigenvalue weighted by Crippen LogP contribution is -2.11. The Labute approximate surface area is 111 Å². The molecule has 1 saturated heterocycles. The molecule has 1 aliphatic rings. The highest BCUT2D eigenvalue weighted by Gasteiger charge is 2.20. The number of nitrogens with one attached hydrogen (secondary N) is 2. The first-order valence-corrected chi connectivity index (χ1v) is 6.41. The van der Waals surface area contributed by atoms with E-state index in [9.17, 15) is 0 Å². The molecule has 2 aromatic heterocycles. The second kappa shape index (κ2) is 5.27. The Kier molecular flexibility index (Phi) is 3.33. The fourth-order valence-corrected chi connectivity index (χ4v) is 2.19. The van der Waals surface area contributed by atoms with E-state index in [-0.39, 0.29) is 0 Å². The highest BCUT2D eigenvalue weighted by Crippen LogP contribution is 2.21. The zero-order chi connectivity index (χ0) is 13.1. The third-order valence-corrected chi connectivity index (χ3v) is 3.10. The van der Waals surface area contributed by atoms with Gasteiger partial charge in [-0.15, -0.1) is 0 Å². The number of hydrogen-bond acceptors (Lipinski definition) is 6. The van der Waals surface area contributed by atoms with Gasteiger partial charge in [-0.05, 0) is 26.0 Å². The van der Waals surface area contributed by atoms with Gasteiger partial charge in [0.15, 0.2) is 0 Å². The summed E-state index contributed by atoms with van der Waals surface area (Å²) in [7, 11) is 0. The fourth-order valence-electron chi connectivity index (χ4n) is 2.19. The van der Waals surface area contributed by atoms with Crippen molar-refractivity contribution >= 4 is 11.8 Å². The Balaban J connectivity index is 1.85. The Morgan fingerprint density at radius 1 is 1.26 bits per heavy atom.